The van der Waals surface area contributed by atoms with Gasteiger partial charge >= 0.3 is 33.6 Å². The molecule has 0 heterocycles. The predicted octanol–water partition coefficient (Wildman–Crippen LogP) is 23.9. The Balaban J connectivity index is 4.51. The van der Waals surface area contributed by atoms with E-state index < -0.39 is 91.5 Å². The molecule has 5 atom stereocenters. The lowest BCUT2D eigenvalue weighted by Crippen LogP contribution is -2.30. The summed E-state index contributed by atoms with van der Waals surface area (Å²) in [6.45, 7) is 2.42. The summed E-state index contributed by atoms with van der Waals surface area (Å²) in [7, 11) is -9.80. The normalized spacial score (nSPS) is 14.7. The minimum atomic E-state index is -4.94. The van der Waals surface area contributed by atoms with Crippen LogP contribution < -0.4 is 0 Å². The maximum absolute atomic E-state index is 13.0. The van der Waals surface area contributed by atoms with Crippen LogP contribution in [0.2, 0.25) is 0 Å². The van der Waals surface area contributed by atoms with Crippen molar-refractivity contribution in [1.29, 1.82) is 0 Å². The van der Waals surface area contributed by atoms with E-state index in [0.29, 0.717) is 19.3 Å². The molecule has 0 aliphatic rings. The molecule has 0 radical (unpaired) electrons. The van der Waals surface area contributed by atoms with Crippen LogP contribution in [0.3, 0.4) is 0 Å². The van der Waals surface area contributed by atoms with Gasteiger partial charge in [-0.05, 0) is 135 Å². The highest BCUT2D eigenvalue weighted by atomic mass is 31.2. The predicted molar refractivity (Wildman–Crippen MR) is 426 cm³/mol. The van der Waals surface area contributed by atoms with Crippen LogP contribution in [-0.4, -0.2) is 95.9 Å². The van der Waals surface area contributed by atoms with Crippen LogP contribution in [0.4, 0.5) is 0 Å². The quantitative estimate of drug-likeness (QED) is 0.0146. The number of carbonyl (C=O) groups is 3. The summed E-state index contributed by atoms with van der Waals surface area (Å²) < 4.78 is 61.2. The first-order chi connectivity index (χ1) is 50.2. The van der Waals surface area contributed by atoms with Crippen molar-refractivity contribution in [3.05, 3.63) is 134 Å². The van der Waals surface area contributed by atoms with E-state index in [4.69, 9.17) is 32.3 Å². The third-order valence-electron chi connectivity index (χ3n) is 16.8. The summed E-state index contributed by atoms with van der Waals surface area (Å²) in [6.07, 6.45) is 93.6. The molecule has 0 saturated carbocycles. The molecular weight excluding hydrogens is 1340 g/mol. The zero-order valence-corrected chi connectivity index (χ0v) is 66.5. The van der Waals surface area contributed by atoms with E-state index in [1.54, 1.807) is 0 Å². The van der Waals surface area contributed by atoms with Gasteiger partial charge in [0.1, 0.15) is 25.4 Å². The average Bonchev–Trinajstić information content (AvgIpc) is 0.917. The Morgan fingerprint density at radius 1 is 0.282 bits per heavy atom. The summed E-state index contributed by atoms with van der Waals surface area (Å²) in [5, 5.41) is 20.7. The van der Waals surface area contributed by atoms with E-state index in [2.05, 4.69) is 154 Å². The molecule has 0 rings (SSSR count). The number of hydrogen-bond acceptors (Lipinski definition) is 14. The number of phosphoric ester groups is 2. The molecule has 18 heteroatoms. The number of esters is 3. The molecule has 0 amide bonds. The Hall–Kier alpha value is -4.31. The molecule has 0 aliphatic heterocycles. The lowest BCUT2D eigenvalue weighted by Gasteiger charge is -2.21. The fraction of sp³-hybridized carbons (Fsp3) is 0.706. The number of ether oxygens (including phenoxy) is 3. The van der Waals surface area contributed by atoms with Crippen molar-refractivity contribution in [1.82, 2.24) is 0 Å². The zero-order chi connectivity index (χ0) is 75.2. The van der Waals surface area contributed by atoms with Gasteiger partial charge in [-0.15, -0.1) is 0 Å². The lowest BCUT2D eigenvalue weighted by molar-refractivity contribution is -0.161. The minimum absolute atomic E-state index is 0.0871. The van der Waals surface area contributed by atoms with Gasteiger partial charge in [0.2, 0.25) is 0 Å². The van der Waals surface area contributed by atoms with Crippen LogP contribution in [0, 0.1) is 0 Å². The third-order valence-corrected chi connectivity index (χ3v) is 18.7. The molecule has 0 aromatic rings. The molecule has 0 fully saturated rings. The van der Waals surface area contributed by atoms with E-state index in [-0.39, 0.29) is 19.3 Å². The maximum Gasteiger partial charge on any atom is 0.472 e. The van der Waals surface area contributed by atoms with Crippen molar-refractivity contribution in [3.63, 3.8) is 0 Å². The van der Waals surface area contributed by atoms with Gasteiger partial charge in [-0.3, -0.25) is 32.5 Å². The van der Waals surface area contributed by atoms with Gasteiger partial charge in [0, 0.05) is 19.3 Å². The minimum Gasteiger partial charge on any atom is -0.463 e. The van der Waals surface area contributed by atoms with E-state index in [1.165, 1.54) is 103 Å². The number of rotatable bonds is 76. The Bertz CT molecular complexity index is 2410. The van der Waals surface area contributed by atoms with Crippen molar-refractivity contribution < 1.29 is 75.8 Å². The van der Waals surface area contributed by atoms with Crippen LogP contribution in [0.5, 0.6) is 0 Å². The van der Waals surface area contributed by atoms with E-state index in [1.807, 2.05) is 0 Å². The number of allylic oxidation sites excluding steroid dienone is 22. The number of carbonyl (C=O) groups excluding carboxylic acids is 3. The fourth-order valence-corrected chi connectivity index (χ4v) is 12.3. The largest absolute Gasteiger partial charge is 0.472 e. The van der Waals surface area contributed by atoms with Crippen LogP contribution in [-0.2, 0) is 55.8 Å². The van der Waals surface area contributed by atoms with Crippen LogP contribution in [0.25, 0.3) is 0 Å². The molecule has 5 unspecified atom stereocenters. The average molecular weight is 1490 g/mol. The molecular formula is C85H146O16P2. The SMILES string of the molecule is CC/C=C\C/C=C\C/C=C\C/C=C\CCCCCCCCC(=O)OCC(COP(=O)(O)OCC(O)COP(=O)(O)OCC(O)COC(=O)CCCCCCCCCCCCCCCCC/C=C\C/C=C\C/C=C\C/C=C\CCCCC)OC(=O)CCCCCCCCC/C=C\C/C=C\C/C=C\CC. The fourth-order valence-electron chi connectivity index (χ4n) is 10.7. The number of aliphatic hydroxyl groups is 2. The van der Waals surface area contributed by atoms with Crippen molar-refractivity contribution in [2.45, 2.75) is 347 Å². The van der Waals surface area contributed by atoms with Crippen molar-refractivity contribution in [3.8, 4) is 0 Å². The van der Waals surface area contributed by atoms with Crippen LogP contribution in [0.15, 0.2) is 134 Å². The monoisotopic (exact) mass is 1490 g/mol. The maximum atomic E-state index is 13.0. The van der Waals surface area contributed by atoms with Gasteiger partial charge in [0.15, 0.2) is 6.10 Å². The topological polar surface area (TPSA) is 231 Å². The molecule has 4 N–H and O–H groups in total. The highest BCUT2D eigenvalue weighted by molar-refractivity contribution is 7.47. The Labute approximate surface area is 626 Å². The lowest BCUT2D eigenvalue weighted by atomic mass is 10.0. The van der Waals surface area contributed by atoms with Crippen LogP contribution in [0.1, 0.15) is 329 Å². The second-order valence-electron chi connectivity index (χ2n) is 26.8. The molecule has 0 bridgehead atoms. The van der Waals surface area contributed by atoms with Gasteiger partial charge in [0.05, 0.1) is 26.4 Å². The summed E-state index contributed by atoms with van der Waals surface area (Å²) in [6, 6.07) is 0. The van der Waals surface area contributed by atoms with Gasteiger partial charge in [-0.25, -0.2) is 9.13 Å². The standard InChI is InChI=1S/C85H146O16P2/c1-4-7-10-13-16-19-22-25-28-31-33-34-35-36-37-38-39-40-41-42-43-44-46-49-50-53-56-59-62-65-68-71-83(88)95-74-80(86)75-97-102(91,92)98-76-81(87)77-99-103(93,94)100-79-82(101-85(90)73-70-67-64-61-58-55-52-47-30-27-24-21-18-15-12-9-6-3)78-96-84(89)72-69-66-63-60-57-54-51-48-45-32-29-26-23-20-17-14-11-8-5-2/h8-9,11-12,16-21,25-30,33-34,36-37,45,48,80-82,86-87H,4-7,10,13-15,22-24,31-32,35,38-44,46-47,49-79H2,1-3H3,(H,91,92)(H,93,94)/b11-8-,12-9-,19-16-,20-17-,21-18-,28-25-,29-26-,30-27-,34-33-,37-36-,48-45-. The van der Waals surface area contributed by atoms with E-state index in [0.717, 1.165) is 167 Å². The summed E-state index contributed by atoms with van der Waals surface area (Å²) >= 11 is 0. The van der Waals surface area contributed by atoms with E-state index in [9.17, 15) is 43.5 Å². The first kappa shape index (κ1) is 98.7. The van der Waals surface area contributed by atoms with Gasteiger partial charge in [0.25, 0.3) is 0 Å². The van der Waals surface area contributed by atoms with Gasteiger partial charge < -0.3 is 34.2 Å². The first-order valence-corrected chi connectivity index (χ1v) is 43.5. The molecule has 0 aromatic carbocycles. The van der Waals surface area contributed by atoms with E-state index >= 15 is 0 Å². The van der Waals surface area contributed by atoms with Crippen molar-refractivity contribution in [2.24, 2.45) is 0 Å². The Morgan fingerprint density at radius 2 is 0.515 bits per heavy atom. The smallest absolute Gasteiger partial charge is 0.463 e. The Kier molecular flexibility index (Phi) is 74.1. The second kappa shape index (κ2) is 77.3. The highest BCUT2D eigenvalue weighted by Crippen LogP contribution is 2.45. The highest BCUT2D eigenvalue weighted by Gasteiger charge is 2.29. The molecule has 16 nitrogen and oxygen atoms in total. The number of phosphoric acid groups is 2. The van der Waals surface area contributed by atoms with Crippen molar-refractivity contribution in [2.75, 3.05) is 39.6 Å². The molecule has 103 heavy (non-hydrogen) atoms. The number of aliphatic hydroxyl groups excluding tert-OH is 2. The number of hydrogen-bond donors (Lipinski definition) is 4. The Morgan fingerprint density at radius 3 is 0.816 bits per heavy atom. The first-order valence-electron chi connectivity index (χ1n) is 40.5. The summed E-state index contributed by atoms with van der Waals surface area (Å²) in [4.78, 5) is 58.7. The number of unbranched alkanes of at least 4 members (excludes halogenated alkanes) is 31. The van der Waals surface area contributed by atoms with Crippen molar-refractivity contribution >= 4 is 33.6 Å². The molecule has 0 spiro atoms. The second-order valence-corrected chi connectivity index (χ2v) is 29.7. The van der Waals surface area contributed by atoms with Gasteiger partial charge in [-0.2, -0.15) is 0 Å². The molecule has 0 aliphatic carbocycles. The molecule has 0 saturated heterocycles. The summed E-state index contributed by atoms with van der Waals surface area (Å²) in [5.74, 6) is -1.60. The van der Waals surface area contributed by atoms with Crippen LogP contribution >= 0.6 is 15.6 Å². The summed E-state index contributed by atoms with van der Waals surface area (Å²) in [5.41, 5.74) is 0. The molecule has 0 aromatic heterocycles. The zero-order valence-electron chi connectivity index (χ0n) is 64.7. The third kappa shape index (κ3) is 78.6. The van der Waals surface area contributed by atoms with Gasteiger partial charge in [-0.1, -0.05) is 309 Å². The molecule has 592 valence electrons.